The Morgan fingerprint density at radius 2 is 1.67 bits per heavy atom. The number of carbonyl (C=O) groups is 1. The lowest BCUT2D eigenvalue weighted by Gasteiger charge is -2.20. The van der Waals surface area contributed by atoms with Crippen LogP contribution in [0.2, 0.25) is 0 Å². The fraction of sp³-hybridized carbons (Fsp3) is 0.435. The van der Waals surface area contributed by atoms with Gasteiger partial charge in [0.25, 0.3) is 5.91 Å². The highest BCUT2D eigenvalue weighted by Gasteiger charge is 2.22. The van der Waals surface area contributed by atoms with E-state index in [1.807, 2.05) is 12.1 Å². The Morgan fingerprint density at radius 1 is 1.03 bits per heavy atom. The number of fused-ring (bicyclic) bond motifs is 1. The smallest absolute Gasteiger partial charge is 0.265 e. The van der Waals surface area contributed by atoms with E-state index in [0.29, 0.717) is 24.5 Å². The highest BCUT2D eigenvalue weighted by molar-refractivity contribution is 7.89. The summed E-state index contributed by atoms with van der Waals surface area (Å²) in [6.45, 7) is 6.14. The lowest BCUT2D eigenvalue weighted by Crippen LogP contribution is -2.31. The zero-order valence-electron chi connectivity index (χ0n) is 17.8. The van der Waals surface area contributed by atoms with Crippen molar-refractivity contribution in [1.29, 1.82) is 0 Å². The molecule has 30 heavy (non-hydrogen) atoms. The molecule has 0 unspecified atom stereocenters. The van der Waals surface area contributed by atoms with Crippen molar-refractivity contribution in [2.45, 2.75) is 57.5 Å². The summed E-state index contributed by atoms with van der Waals surface area (Å²) in [5, 5.41) is 2.79. The first-order chi connectivity index (χ1) is 14.3. The van der Waals surface area contributed by atoms with Gasteiger partial charge in [-0.25, -0.2) is 8.42 Å². The van der Waals surface area contributed by atoms with Crippen LogP contribution in [-0.2, 0) is 27.7 Å². The van der Waals surface area contributed by atoms with E-state index < -0.39 is 16.1 Å². The molecule has 3 rings (SSSR count). The van der Waals surface area contributed by atoms with E-state index in [0.717, 1.165) is 12.8 Å². The Kier molecular flexibility index (Phi) is 7.15. The first-order valence-electron chi connectivity index (χ1n) is 10.5. The molecule has 2 aromatic rings. The summed E-state index contributed by atoms with van der Waals surface area (Å²) in [7, 11) is -3.52. The Bertz CT molecular complexity index is 983. The van der Waals surface area contributed by atoms with E-state index in [-0.39, 0.29) is 10.8 Å². The minimum atomic E-state index is -3.52. The van der Waals surface area contributed by atoms with Gasteiger partial charge in [0.1, 0.15) is 5.75 Å². The van der Waals surface area contributed by atoms with Crippen LogP contribution >= 0.6 is 0 Å². The number of aryl methyl sites for hydroxylation is 2. The number of anilines is 1. The molecule has 1 aliphatic rings. The molecule has 0 fully saturated rings. The Balaban J connectivity index is 1.63. The Hall–Kier alpha value is -2.38. The SMILES string of the molecule is CCN(CC)S(=O)(=O)c1ccc(NC(=O)[C@@H](C)Oc2ccc3c(c2)CCCC3)cc1. The maximum Gasteiger partial charge on any atom is 0.265 e. The van der Waals surface area contributed by atoms with Crippen LogP contribution in [0.4, 0.5) is 5.69 Å². The van der Waals surface area contributed by atoms with Crippen molar-refractivity contribution in [2.24, 2.45) is 0 Å². The van der Waals surface area contributed by atoms with Crippen LogP contribution in [0, 0.1) is 0 Å². The third kappa shape index (κ3) is 5.02. The number of sulfonamides is 1. The molecule has 2 aromatic carbocycles. The molecule has 0 heterocycles. The van der Waals surface area contributed by atoms with Gasteiger partial charge in [0, 0.05) is 18.8 Å². The number of benzene rings is 2. The summed E-state index contributed by atoms with van der Waals surface area (Å²) >= 11 is 0. The van der Waals surface area contributed by atoms with E-state index in [2.05, 4.69) is 11.4 Å². The first-order valence-corrected chi connectivity index (χ1v) is 12.0. The molecule has 0 aliphatic heterocycles. The summed E-state index contributed by atoms with van der Waals surface area (Å²) in [5.41, 5.74) is 3.20. The van der Waals surface area contributed by atoms with Gasteiger partial charge in [-0.15, -0.1) is 0 Å². The van der Waals surface area contributed by atoms with Gasteiger partial charge in [0.15, 0.2) is 6.10 Å². The number of ether oxygens (including phenoxy) is 1. The molecular formula is C23H30N2O4S. The van der Waals surface area contributed by atoms with E-state index in [1.54, 1.807) is 32.9 Å². The van der Waals surface area contributed by atoms with Crippen molar-refractivity contribution in [1.82, 2.24) is 4.31 Å². The van der Waals surface area contributed by atoms with Crippen LogP contribution in [0.5, 0.6) is 5.75 Å². The molecule has 7 heteroatoms. The van der Waals surface area contributed by atoms with Crippen LogP contribution in [0.1, 0.15) is 44.7 Å². The lowest BCUT2D eigenvalue weighted by atomic mass is 9.92. The third-order valence-electron chi connectivity index (χ3n) is 5.47. The summed E-state index contributed by atoms with van der Waals surface area (Å²) < 4.78 is 32.4. The second-order valence-corrected chi connectivity index (χ2v) is 9.44. The van der Waals surface area contributed by atoms with Crippen molar-refractivity contribution in [3.05, 3.63) is 53.6 Å². The molecular weight excluding hydrogens is 400 g/mol. The summed E-state index contributed by atoms with van der Waals surface area (Å²) in [6, 6.07) is 12.3. The molecule has 1 amide bonds. The lowest BCUT2D eigenvalue weighted by molar-refractivity contribution is -0.122. The van der Waals surface area contributed by atoms with Gasteiger partial charge in [-0.3, -0.25) is 4.79 Å². The molecule has 162 valence electrons. The Morgan fingerprint density at radius 3 is 2.30 bits per heavy atom. The zero-order chi connectivity index (χ0) is 21.7. The van der Waals surface area contributed by atoms with Gasteiger partial charge in [0.2, 0.25) is 10.0 Å². The molecule has 0 aromatic heterocycles. The zero-order valence-corrected chi connectivity index (χ0v) is 18.7. The van der Waals surface area contributed by atoms with Crippen molar-refractivity contribution in [2.75, 3.05) is 18.4 Å². The minimum Gasteiger partial charge on any atom is -0.481 e. The van der Waals surface area contributed by atoms with E-state index in [9.17, 15) is 13.2 Å². The predicted molar refractivity (Wildman–Crippen MR) is 118 cm³/mol. The highest BCUT2D eigenvalue weighted by atomic mass is 32.2. The standard InChI is InChI=1S/C23H30N2O4S/c1-4-25(5-2)30(27,28)22-14-11-20(12-15-22)24-23(26)17(3)29-21-13-10-18-8-6-7-9-19(18)16-21/h10-17H,4-9H2,1-3H3,(H,24,26)/t17-/m1/s1. The number of rotatable bonds is 8. The average Bonchev–Trinajstić information content (AvgIpc) is 2.74. The first kappa shape index (κ1) is 22.3. The molecule has 0 bridgehead atoms. The van der Waals surface area contributed by atoms with Crippen molar-refractivity contribution < 1.29 is 17.9 Å². The van der Waals surface area contributed by atoms with Crippen molar-refractivity contribution in [3.8, 4) is 5.75 Å². The average molecular weight is 431 g/mol. The maximum absolute atomic E-state index is 12.6. The fourth-order valence-electron chi connectivity index (χ4n) is 3.71. The van der Waals surface area contributed by atoms with Crippen molar-refractivity contribution in [3.63, 3.8) is 0 Å². The highest BCUT2D eigenvalue weighted by Crippen LogP contribution is 2.26. The normalized spacial score (nSPS) is 14.8. The molecule has 0 radical (unpaired) electrons. The molecule has 0 spiro atoms. The second-order valence-electron chi connectivity index (χ2n) is 7.50. The van der Waals surface area contributed by atoms with Crippen LogP contribution < -0.4 is 10.1 Å². The van der Waals surface area contributed by atoms with Crippen LogP contribution in [0.25, 0.3) is 0 Å². The molecule has 6 nitrogen and oxygen atoms in total. The van der Waals surface area contributed by atoms with Gasteiger partial charge >= 0.3 is 0 Å². The van der Waals surface area contributed by atoms with Crippen molar-refractivity contribution >= 4 is 21.6 Å². The summed E-state index contributed by atoms with van der Waals surface area (Å²) in [5.74, 6) is 0.408. The van der Waals surface area contributed by atoms with Gasteiger partial charge in [-0.1, -0.05) is 19.9 Å². The largest absolute Gasteiger partial charge is 0.481 e. The quantitative estimate of drug-likeness (QED) is 0.687. The van der Waals surface area contributed by atoms with Crippen LogP contribution in [-0.4, -0.2) is 37.8 Å². The molecule has 1 aliphatic carbocycles. The third-order valence-corrected chi connectivity index (χ3v) is 7.53. The van der Waals surface area contributed by atoms with E-state index in [1.165, 1.54) is 40.4 Å². The number of hydrogen-bond donors (Lipinski definition) is 1. The van der Waals surface area contributed by atoms with E-state index in [4.69, 9.17) is 4.74 Å². The number of nitrogens with one attached hydrogen (secondary N) is 1. The summed E-state index contributed by atoms with van der Waals surface area (Å²) in [6.07, 6.45) is 3.89. The monoisotopic (exact) mass is 430 g/mol. The maximum atomic E-state index is 12.6. The summed E-state index contributed by atoms with van der Waals surface area (Å²) in [4.78, 5) is 12.7. The Labute approximate surface area is 179 Å². The van der Waals surface area contributed by atoms with Crippen LogP contribution in [0.15, 0.2) is 47.4 Å². The molecule has 1 atom stereocenters. The fourth-order valence-corrected chi connectivity index (χ4v) is 5.17. The minimum absolute atomic E-state index is 0.211. The van der Waals surface area contributed by atoms with Gasteiger partial charge < -0.3 is 10.1 Å². The van der Waals surface area contributed by atoms with Gasteiger partial charge in [-0.05, 0) is 80.1 Å². The second kappa shape index (κ2) is 9.62. The van der Waals surface area contributed by atoms with Gasteiger partial charge in [0.05, 0.1) is 4.90 Å². The molecule has 0 saturated heterocycles. The molecule has 1 N–H and O–H groups in total. The molecule has 0 saturated carbocycles. The number of amides is 1. The number of nitrogens with zero attached hydrogens (tertiary/aromatic N) is 1. The number of carbonyl (C=O) groups excluding carboxylic acids is 1. The van der Waals surface area contributed by atoms with E-state index >= 15 is 0 Å². The topological polar surface area (TPSA) is 75.7 Å². The van der Waals surface area contributed by atoms with Gasteiger partial charge in [-0.2, -0.15) is 4.31 Å². The predicted octanol–water partition coefficient (Wildman–Crippen LogP) is 4.00. The number of hydrogen-bond acceptors (Lipinski definition) is 4. The van der Waals surface area contributed by atoms with Crippen LogP contribution in [0.3, 0.4) is 0 Å².